The summed E-state index contributed by atoms with van der Waals surface area (Å²) < 4.78 is 28.2. The topological polar surface area (TPSA) is 66.5 Å². The second-order valence-electron chi connectivity index (χ2n) is 7.84. The highest BCUT2D eigenvalue weighted by Gasteiger charge is 2.40. The summed E-state index contributed by atoms with van der Waals surface area (Å²) in [6.07, 6.45) is 5.69. The average Bonchev–Trinajstić information content (AvgIpc) is 2.74. The van der Waals surface area contributed by atoms with E-state index in [0.29, 0.717) is 11.4 Å². The van der Waals surface area contributed by atoms with Gasteiger partial charge < -0.3 is 5.32 Å². The molecule has 1 N–H and O–H groups in total. The van der Waals surface area contributed by atoms with Crippen molar-refractivity contribution in [2.75, 3.05) is 0 Å². The summed E-state index contributed by atoms with van der Waals surface area (Å²) in [4.78, 5) is 13.3. The zero-order chi connectivity index (χ0) is 20.4. The van der Waals surface area contributed by atoms with E-state index < -0.39 is 16.1 Å². The standard InChI is InChI=1S/C22H25ClN2O3S/c23-18-10-12-20(13-11-18)29(27,28)25-15-17-7-5-4-6-16(17)14-21(25)22(26)24-19-8-2-1-3-9-19/h4-7,10-13,19,21H,1-3,8-9,14-15H2,(H,24,26)/t21-/m0/s1. The van der Waals surface area contributed by atoms with Gasteiger partial charge in [0.05, 0.1) is 4.90 Å². The minimum atomic E-state index is -3.84. The highest BCUT2D eigenvalue weighted by atomic mass is 35.5. The largest absolute Gasteiger partial charge is 0.352 e. The lowest BCUT2D eigenvalue weighted by molar-refractivity contribution is -0.126. The molecule has 2 aromatic carbocycles. The molecule has 2 aromatic rings. The highest BCUT2D eigenvalue weighted by molar-refractivity contribution is 7.89. The molecule has 0 spiro atoms. The molecule has 0 aromatic heterocycles. The van der Waals surface area contributed by atoms with Crippen molar-refractivity contribution >= 4 is 27.5 Å². The van der Waals surface area contributed by atoms with Crippen LogP contribution in [-0.4, -0.2) is 30.7 Å². The van der Waals surface area contributed by atoms with Crippen molar-refractivity contribution in [3.8, 4) is 0 Å². The Morgan fingerprint density at radius 1 is 0.966 bits per heavy atom. The maximum Gasteiger partial charge on any atom is 0.244 e. The van der Waals surface area contributed by atoms with Crippen LogP contribution < -0.4 is 5.32 Å². The molecule has 7 heteroatoms. The van der Waals surface area contributed by atoms with Gasteiger partial charge in [-0.05, 0) is 54.7 Å². The lowest BCUT2D eigenvalue weighted by Gasteiger charge is -2.36. The van der Waals surface area contributed by atoms with E-state index in [1.165, 1.54) is 22.9 Å². The van der Waals surface area contributed by atoms with E-state index in [1.54, 1.807) is 12.1 Å². The number of nitrogens with zero attached hydrogens (tertiary/aromatic N) is 1. The smallest absolute Gasteiger partial charge is 0.244 e. The first-order valence-corrected chi connectivity index (χ1v) is 11.9. The van der Waals surface area contributed by atoms with Crippen LogP contribution in [0.3, 0.4) is 0 Å². The first kappa shape index (κ1) is 20.4. The molecule has 29 heavy (non-hydrogen) atoms. The third kappa shape index (κ3) is 4.34. The monoisotopic (exact) mass is 432 g/mol. The van der Waals surface area contributed by atoms with Gasteiger partial charge in [-0.25, -0.2) is 8.42 Å². The molecule has 0 bridgehead atoms. The van der Waals surface area contributed by atoms with Crippen molar-refractivity contribution in [3.63, 3.8) is 0 Å². The molecule has 1 amide bonds. The molecule has 5 nitrogen and oxygen atoms in total. The van der Waals surface area contributed by atoms with Crippen LogP contribution in [0.5, 0.6) is 0 Å². The maximum absolute atomic E-state index is 13.4. The predicted molar refractivity (Wildman–Crippen MR) is 113 cm³/mol. The summed E-state index contributed by atoms with van der Waals surface area (Å²) >= 11 is 5.93. The Morgan fingerprint density at radius 2 is 1.62 bits per heavy atom. The normalized spacial score (nSPS) is 20.8. The van der Waals surface area contributed by atoms with Gasteiger partial charge in [-0.2, -0.15) is 4.31 Å². The summed E-state index contributed by atoms with van der Waals surface area (Å²) in [7, 11) is -3.84. The van der Waals surface area contributed by atoms with Crippen LogP contribution in [0, 0.1) is 0 Å². The van der Waals surface area contributed by atoms with Crippen LogP contribution in [0.1, 0.15) is 43.2 Å². The van der Waals surface area contributed by atoms with E-state index in [1.807, 2.05) is 24.3 Å². The van der Waals surface area contributed by atoms with Gasteiger partial charge in [-0.1, -0.05) is 55.1 Å². The van der Waals surface area contributed by atoms with E-state index in [0.717, 1.165) is 36.8 Å². The van der Waals surface area contributed by atoms with Crippen molar-refractivity contribution in [2.24, 2.45) is 0 Å². The highest BCUT2D eigenvalue weighted by Crippen LogP contribution is 2.30. The Kier molecular flexibility index (Phi) is 5.95. The number of fused-ring (bicyclic) bond motifs is 1. The maximum atomic E-state index is 13.4. The van der Waals surface area contributed by atoms with E-state index >= 15 is 0 Å². The van der Waals surface area contributed by atoms with Crippen molar-refractivity contribution in [1.29, 1.82) is 0 Å². The van der Waals surface area contributed by atoms with E-state index in [-0.39, 0.29) is 23.4 Å². The Morgan fingerprint density at radius 3 is 2.31 bits per heavy atom. The first-order chi connectivity index (χ1) is 13.9. The molecule has 1 aliphatic carbocycles. The molecule has 154 valence electrons. The van der Waals surface area contributed by atoms with Crippen LogP contribution in [0.2, 0.25) is 5.02 Å². The van der Waals surface area contributed by atoms with Gasteiger partial charge in [-0.3, -0.25) is 4.79 Å². The number of carbonyl (C=O) groups is 1. The van der Waals surface area contributed by atoms with Crippen molar-refractivity contribution in [3.05, 3.63) is 64.7 Å². The number of sulfonamides is 1. The van der Waals surface area contributed by atoms with Gasteiger partial charge >= 0.3 is 0 Å². The average molecular weight is 433 g/mol. The molecular formula is C22H25ClN2O3S. The molecule has 4 rings (SSSR count). The molecule has 1 saturated carbocycles. The van der Waals surface area contributed by atoms with Gasteiger partial charge in [0.15, 0.2) is 0 Å². The lowest BCUT2D eigenvalue weighted by Crippen LogP contribution is -2.54. The van der Waals surface area contributed by atoms with Gasteiger partial charge in [-0.15, -0.1) is 0 Å². The van der Waals surface area contributed by atoms with Crippen LogP contribution in [0.4, 0.5) is 0 Å². The SMILES string of the molecule is O=C(NC1CCCCC1)[C@@H]1Cc2ccccc2CN1S(=O)(=O)c1ccc(Cl)cc1. The summed E-state index contributed by atoms with van der Waals surface area (Å²) in [5, 5.41) is 3.59. The summed E-state index contributed by atoms with van der Waals surface area (Å²) in [5.74, 6) is -0.205. The summed E-state index contributed by atoms with van der Waals surface area (Å²) in [6.45, 7) is 0.184. The number of amides is 1. The Bertz CT molecular complexity index is 985. The number of hydrogen-bond donors (Lipinski definition) is 1. The summed E-state index contributed by atoms with van der Waals surface area (Å²) in [6, 6.07) is 13.2. The Hall–Kier alpha value is -1.89. The number of halogens is 1. The zero-order valence-corrected chi connectivity index (χ0v) is 17.8. The second kappa shape index (κ2) is 8.46. The second-order valence-corrected chi connectivity index (χ2v) is 10.2. The van der Waals surface area contributed by atoms with Crippen LogP contribution in [0.25, 0.3) is 0 Å². The van der Waals surface area contributed by atoms with Crippen molar-refractivity contribution in [1.82, 2.24) is 9.62 Å². The molecule has 0 unspecified atom stereocenters. The fraction of sp³-hybridized carbons (Fsp3) is 0.409. The summed E-state index contributed by atoms with van der Waals surface area (Å²) in [5.41, 5.74) is 1.96. The van der Waals surface area contributed by atoms with Crippen LogP contribution >= 0.6 is 11.6 Å². The van der Waals surface area contributed by atoms with Gasteiger partial charge in [0.2, 0.25) is 15.9 Å². The van der Waals surface area contributed by atoms with Crippen molar-refractivity contribution < 1.29 is 13.2 Å². The number of hydrogen-bond acceptors (Lipinski definition) is 3. The van der Waals surface area contributed by atoms with Crippen molar-refractivity contribution in [2.45, 2.75) is 62.0 Å². The Labute approximate surface area is 177 Å². The molecule has 1 fully saturated rings. The van der Waals surface area contributed by atoms with Crippen LogP contribution in [0.15, 0.2) is 53.4 Å². The third-order valence-electron chi connectivity index (χ3n) is 5.88. The third-order valence-corrected chi connectivity index (χ3v) is 8.00. The van der Waals surface area contributed by atoms with E-state index in [4.69, 9.17) is 11.6 Å². The predicted octanol–water partition coefficient (Wildman–Crippen LogP) is 3.90. The van der Waals surface area contributed by atoms with Gasteiger partial charge in [0, 0.05) is 17.6 Å². The minimum Gasteiger partial charge on any atom is -0.352 e. The van der Waals surface area contributed by atoms with E-state index in [9.17, 15) is 13.2 Å². The fourth-order valence-corrected chi connectivity index (χ4v) is 5.95. The molecule has 1 heterocycles. The molecule has 1 aliphatic heterocycles. The zero-order valence-electron chi connectivity index (χ0n) is 16.2. The quantitative estimate of drug-likeness (QED) is 0.796. The van der Waals surface area contributed by atoms with Crippen LogP contribution in [-0.2, 0) is 27.8 Å². The molecular weight excluding hydrogens is 408 g/mol. The van der Waals surface area contributed by atoms with Gasteiger partial charge in [0.25, 0.3) is 0 Å². The lowest BCUT2D eigenvalue weighted by atomic mass is 9.93. The molecule has 0 saturated heterocycles. The number of rotatable bonds is 4. The van der Waals surface area contributed by atoms with Gasteiger partial charge in [0.1, 0.15) is 6.04 Å². The molecule has 2 aliphatic rings. The number of benzene rings is 2. The number of nitrogens with one attached hydrogen (secondary N) is 1. The fourth-order valence-electron chi connectivity index (χ4n) is 4.26. The minimum absolute atomic E-state index is 0.133. The molecule has 1 atom stereocenters. The first-order valence-electron chi connectivity index (χ1n) is 10.1. The Balaban J connectivity index is 1.66. The molecule has 0 radical (unpaired) electrons. The van der Waals surface area contributed by atoms with E-state index in [2.05, 4.69) is 5.32 Å². The number of carbonyl (C=O) groups excluding carboxylic acids is 1.